The average Bonchev–Trinajstić information content (AvgIpc) is 2.72. The van der Waals surface area contributed by atoms with E-state index in [-0.39, 0.29) is 11.5 Å². The second kappa shape index (κ2) is 8.03. The van der Waals surface area contributed by atoms with Gasteiger partial charge in [-0.25, -0.2) is 15.1 Å². The predicted molar refractivity (Wildman–Crippen MR) is 104 cm³/mol. The lowest BCUT2D eigenvalue weighted by molar-refractivity contribution is 0.344. The number of rotatable bonds is 5. The summed E-state index contributed by atoms with van der Waals surface area (Å²) in [6.45, 7) is 9.64. The highest BCUT2D eigenvalue weighted by molar-refractivity contribution is 5.90. The fourth-order valence-electron chi connectivity index (χ4n) is 2.85. The van der Waals surface area contributed by atoms with Gasteiger partial charge in [0.2, 0.25) is 0 Å². The van der Waals surface area contributed by atoms with Gasteiger partial charge in [0.1, 0.15) is 11.5 Å². The summed E-state index contributed by atoms with van der Waals surface area (Å²) in [5, 5.41) is 10.0. The molecule has 5 heteroatoms. The number of hydrogen-bond acceptors (Lipinski definition) is 4. The molecule has 0 spiro atoms. The third-order valence-electron chi connectivity index (χ3n) is 4.04. The van der Waals surface area contributed by atoms with Crippen molar-refractivity contribution in [3.8, 4) is 23.1 Å². The first-order chi connectivity index (χ1) is 13.2. The maximum Gasteiger partial charge on any atom is 0.303 e. The molecule has 0 unspecified atom stereocenters. The molecule has 0 aliphatic heterocycles. The Bertz CT molecular complexity index is 1070. The summed E-state index contributed by atoms with van der Waals surface area (Å²) >= 11 is 0. The maximum atomic E-state index is 9.17. The average molecular weight is 355 g/mol. The summed E-state index contributed by atoms with van der Waals surface area (Å²) in [5.74, 6) is 0.973. The summed E-state index contributed by atoms with van der Waals surface area (Å²) < 4.78 is 11.1. The molecule has 2 aromatic carbocycles. The van der Waals surface area contributed by atoms with Crippen molar-refractivity contribution in [2.24, 2.45) is 0 Å². The number of ether oxygens (including phenoxy) is 2. The minimum atomic E-state index is -0.0962. The van der Waals surface area contributed by atoms with E-state index in [4.69, 9.17) is 21.0 Å². The Kier molecular flexibility index (Phi) is 5.35. The Morgan fingerprint density at radius 1 is 1.19 bits per heavy atom. The van der Waals surface area contributed by atoms with Crippen molar-refractivity contribution in [2.75, 3.05) is 13.7 Å². The van der Waals surface area contributed by atoms with Crippen LogP contribution in [0.15, 0.2) is 60.3 Å². The molecule has 132 valence electrons. The summed E-state index contributed by atoms with van der Waals surface area (Å²) in [5.41, 5.74) is 3.00. The second-order valence-corrected chi connectivity index (χ2v) is 5.64. The Morgan fingerprint density at radius 3 is 2.59 bits per heavy atom. The lowest BCUT2D eigenvalue weighted by Gasteiger charge is -2.12. The summed E-state index contributed by atoms with van der Waals surface area (Å²) in [6.07, 6.45) is 0. The first-order valence-corrected chi connectivity index (χ1v) is 8.41. The molecule has 1 aromatic heterocycles. The minimum Gasteiger partial charge on any atom is -0.506 e. The molecule has 0 N–H and O–H groups in total. The van der Waals surface area contributed by atoms with E-state index in [1.165, 1.54) is 7.11 Å². The molecule has 3 rings (SSSR count). The van der Waals surface area contributed by atoms with Crippen LogP contribution in [0.2, 0.25) is 0 Å². The lowest BCUT2D eigenvalue weighted by Crippen LogP contribution is -1.97. The molecule has 0 aliphatic carbocycles. The van der Waals surface area contributed by atoms with Crippen LogP contribution in [-0.2, 0) is 4.74 Å². The van der Waals surface area contributed by atoms with Gasteiger partial charge < -0.3 is 9.47 Å². The molecule has 3 aromatic rings. The number of benzene rings is 2. The SMILES string of the molecule is [C-]#[N+]/C(C#N)=C(\OC)c1ccc2c(OCC)cc(-c3ccccc3)nc2c1. The zero-order valence-electron chi connectivity index (χ0n) is 15.1. The third kappa shape index (κ3) is 3.58. The van der Waals surface area contributed by atoms with E-state index in [1.807, 2.05) is 61.5 Å². The smallest absolute Gasteiger partial charge is 0.303 e. The zero-order chi connectivity index (χ0) is 19.2. The van der Waals surface area contributed by atoms with Gasteiger partial charge >= 0.3 is 5.70 Å². The van der Waals surface area contributed by atoms with Crippen molar-refractivity contribution in [1.29, 1.82) is 5.26 Å². The van der Waals surface area contributed by atoms with Crippen LogP contribution in [-0.4, -0.2) is 18.7 Å². The molecular weight excluding hydrogens is 338 g/mol. The number of allylic oxidation sites excluding steroid dienone is 1. The maximum absolute atomic E-state index is 9.17. The van der Waals surface area contributed by atoms with E-state index < -0.39 is 0 Å². The molecule has 0 aliphatic rings. The van der Waals surface area contributed by atoms with Gasteiger partial charge in [0.15, 0.2) is 0 Å². The molecule has 0 saturated carbocycles. The van der Waals surface area contributed by atoms with E-state index in [2.05, 4.69) is 4.85 Å². The van der Waals surface area contributed by atoms with E-state index in [0.29, 0.717) is 17.7 Å². The standard InChI is InChI=1S/C22H17N3O2/c1-4-27-21-13-18(15-8-6-5-7-9-15)25-19-12-16(10-11-17(19)21)22(26-3)20(14-23)24-2/h5-13H,4H2,1,3H3/b22-20-. The van der Waals surface area contributed by atoms with Gasteiger partial charge in [-0.3, -0.25) is 0 Å². The third-order valence-corrected chi connectivity index (χ3v) is 4.04. The molecule has 0 amide bonds. The van der Waals surface area contributed by atoms with Crippen molar-refractivity contribution in [2.45, 2.75) is 6.92 Å². The molecule has 1 heterocycles. The number of aromatic nitrogens is 1. The fraction of sp³-hybridized carbons (Fsp3) is 0.136. The van der Waals surface area contributed by atoms with Gasteiger partial charge in [0.05, 0.1) is 37.6 Å². The topological polar surface area (TPSA) is 59.5 Å². The van der Waals surface area contributed by atoms with Crippen molar-refractivity contribution < 1.29 is 9.47 Å². The van der Waals surface area contributed by atoms with Crippen LogP contribution >= 0.6 is 0 Å². The highest BCUT2D eigenvalue weighted by Gasteiger charge is 2.14. The Balaban J connectivity index is 2.25. The molecule has 5 nitrogen and oxygen atoms in total. The number of methoxy groups -OCH3 is 1. The summed E-state index contributed by atoms with van der Waals surface area (Å²) in [4.78, 5) is 8.00. The van der Waals surface area contributed by atoms with Gasteiger partial charge in [0, 0.05) is 22.6 Å². The molecule has 0 atom stereocenters. The summed E-state index contributed by atoms with van der Waals surface area (Å²) in [7, 11) is 1.45. The van der Waals surface area contributed by atoms with E-state index in [9.17, 15) is 5.26 Å². The summed E-state index contributed by atoms with van der Waals surface area (Å²) in [6, 6.07) is 19.1. The van der Waals surface area contributed by atoms with Crippen molar-refractivity contribution >= 4 is 16.7 Å². The monoisotopic (exact) mass is 355 g/mol. The Hall–Kier alpha value is -3.83. The van der Waals surface area contributed by atoms with Gasteiger partial charge in [-0.1, -0.05) is 36.4 Å². The predicted octanol–water partition coefficient (Wildman–Crippen LogP) is 5.06. The largest absolute Gasteiger partial charge is 0.506 e. The van der Waals surface area contributed by atoms with Crippen LogP contribution in [0.4, 0.5) is 0 Å². The first kappa shape index (κ1) is 18.0. The normalized spacial score (nSPS) is 11.3. The van der Waals surface area contributed by atoms with Crippen LogP contribution in [0.25, 0.3) is 32.8 Å². The molecule has 0 radical (unpaired) electrons. The fourth-order valence-corrected chi connectivity index (χ4v) is 2.85. The van der Waals surface area contributed by atoms with Crippen LogP contribution in [0.5, 0.6) is 5.75 Å². The quantitative estimate of drug-likeness (QED) is 0.365. The van der Waals surface area contributed by atoms with Crippen LogP contribution in [0.3, 0.4) is 0 Å². The first-order valence-electron chi connectivity index (χ1n) is 8.41. The molecule has 0 bridgehead atoms. The number of fused-ring (bicyclic) bond motifs is 1. The minimum absolute atomic E-state index is 0.0962. The second-order valence-electron chi connectivity index (χ2n) is 5.64. The highest BCUT2D eigenvalue weighted by atomic mass is 16.5. The Morgan fingerprint density at radius 2 is 1.96 bits per heavy atom. The van der Waals surface area contributed by atoms with E-state index in [1.54, 1.807) is 6.07 Å². The highest BCUT2D eigenvalue weighted by Crippen LogP contribution is 2.32. The number of nitriles is 1. The molecule has 27 heavy (non-hydrogen) atoms. The molecule has 0 fully saturated rings. The van der Waals surface area contributed by atoms with E-state index in [0.717, 1.165) is 22.4 Å². The zero-order valence-corrected chi connectivity index (χ0v) is 15.1. The van der Waals surface area contributed by atoms with Crippen molar-refractivity contribution in [3.05, 3.63) is 77.3 Å². The molecular formula is C22H17N3O2. The van der Waals surface area contributed by atoms with Gasteiger partial charge in [-0.15, -0.1) is 0 Å². The van der Waals surface area contributed by atoms with Gasteiger partial charge in [-0.05, 0) is 19.1 Å². The molecule has 0 saturated heterocycles. The number of nitrogens with zero attached hydrogens (tertiary/aromatic N) is 3. The van der Waals surface area contributed by atoms with Crippen molar-refractivity contribution in [1.82, 2.24) is 4.98 Å². The lowest BCUT2D eigenvalue weighted by atomic mass is 10.1. The number of pyridine rings is 1. The Labute approximate surface area is 157 Å². The van der Waals surface area contributed by atoms with E-state index >= 15 is 0 Å². The van der Waals surface area contributed by atoms with Gasteiger partial charge in [0.25, 0.3) is 0 Å². The van der Waals surface area contributed by atoms with Crippen LogP contribution in [0, 0.1) is 17.9 Å². The van der Waals surface area contributed by atoms with Gasteiger partial charge in [-0.2, -0.15) is 0 Å². The van der Waals surface area contributed by atoms with Crippen molar-refractivity contribution in [3.63, 3.8) is 0 Å². The van der Waals surface area contributed by atoms with Crippen LogP contribution in [0.1, 0.15) is 12.5 Å². The number of hydrogen-bond donors (Lipinski definition) is 0. The van der Waals surface area contributed by atoms with Crippen LogP contribution < -0.4 is 4.74 Å².